The number of hydrogen-bond donors (Lipinski definition) is 2. The van der Waals surface area contributed by atoms with E-state index >= 15 is 0 Å². The fourth-order valence-corrected chi connectivity index (χ4v) is 5.55. The van der Waals surface area contributed by atoms with E-state index in [1.54, 1.807) is 29.5 Å². The molecule has 2 aromatic carbocycles. The first-order valence-corrected chi connectivity index (χ1v) is 13.1. The highest BCUT2D eigenvalue weighted by Gasteiger charge is 2.28. The van der Waals surface area contributed by atoms with Crippen molar-refractivity contribution in [3.8, 4) is 10.4 Å². The monoisotopic (exact) mass is 498 g/mol. The van der Waals surface area contributed by atoms with E-state index in [9.17, 15) is 8.42 Å². The highest BCUT2D eigenvalue weighted by molar-refractivity contribution is 7.90. The molecule has 0 amide bonds. The van der Waals surface area contributed by atoms with Gasteiger partial charge in [-0.3, -0.25) is 5.01 Å². The van der Waals surface area contributed by atoms with Gasteiger partial charge in [0.05, 0.1) is 32.2 Å². The number of rotatable bonds is 6. The Morgan fingerprint density at radius 3 is 2.67 bits per heavy atom. The third kappa shape index (κ3) is 4.55. The first kappa shape index (κ1) is 21.8. The summed E-state index contributed by atoms with van der Waals surface area (Å²) in [6, 6.07) is 18.6. The van der Waals surface area contributed by atoms with E-state index in [4.69, 9.17) is 11.6 Å². The van der Waals surface area contributed by atoms with Crippen LogP contribution in [0.15, 0.2) is 71.6 Å². The van der Waals surface area contributed by atoms with Crippen LogP contribution in [0.2, 0.25) is 5.02 Å². The molecule has 0 saturated carbocycles. The van der Waals surface area contributed by atoms with Gasteiger partial charge in [-0.25, -0.2) is 13.8 Å². The number of H-pyrrole nitrogens is 1. The number of halogens is 1. The van der Waals surface area contributed by atoms with Crippen molar-refractivity contribution in [3.63, 3.8) is 0 Å². The molecule has 5 rings (SSSR count). The van der Waals surface area contributed by atoms with Crippen molar-refractivity contribution in [1.29, 1.82) is 0 Å². The lowest BCUT2D eigenvalue weighted by atomic mass is 10.1. The number of para-hydroxylation sites is 1. The fourth-order valence-electron chi connectivity index (χ4n) is 3.64. The van der Waals surface area contributed by atoms with Gasteiger partial charge in [0.1, 0.15) is 0 Å². The maximum absolute atomic E-state index is 12.0. The van der Waals surface area contributed by atoms with Crippen molar-refractivity contribution < 1.29 is 8.42 Å². The Hall–Kier alpha value is -3.05. The van der Waals surface area contributed by atoms with Crippen LogP contribution >= 0.6 is 22.9 Å². The van der Waals surface area contributed by atoms with E-state index in [0.29, 0.717) is 22.2 Å². The number of thiophene rings is 1. The van der Waals surface area contributed by atoms with Crippen LogP contribution in [-0.2, 0) is 16.3 Å². The summed E-state index contributed by atoms with van der Waals surface area (Å²) in [6.45, 7) is 0. The molecular weight excluding hydrogens is 480 g/mol. The second kappa shape index (κ2) is 8.71. The number of tetrazole rings is 1. The van der Waals surface area contributed by atoms with Crippen molar-refractivity contribution in [3.05, 3.63) is 82.5 Å². The molecule has 168 valence electrons. The molecule has 2 N–H and O–H groups in total. The lowest BCUT2D eigenvalue weighted by molar-refractivity contribution is 0.602. The lowest BCUT2D eigenvalue weighted by Crippen LogP contribution is -2.38. The van der Waals surface area contributed by atoms with Crippen LogP contribution in [0.4, 0.5) is 5.69 Å². The number of benzene rings is 2. The van der Waals surface area contributed by atoms with Gasteiger partial charge in [0.25, 0.3) is 0 Å². The highest BCUT2D eigenvalue weighted by atomic mass is 35.5. The van der Waals surface area contributed by atoms with Crippen molar-refractivity contribution in [2.75, 3.05) is 11.3 Å². The standard InChI is InChI=1S/C22H19ClN6O2S2/c1-33(30,31)16-6-4-5-14(11-16)20-9-10-21(32-20)19-12-15(13-22-24-27-28-25-22)26-29(19)18-8-3-2-7-17(18)23/h2-12,15,26H,13H2,1H3,(H,24,25,27,28). The Labute approximate surface area is 199 Å². The van der Waals surface area contributed by atoms with Gasteiger partial charge in [0, 0.05) is 17.6 Å². The number of nitrogens with one attached hydrogen (secondary N) is 2. The van der Waals surface area contributed by atoms with Crippen LogP contribution in [0.3, 0.4) is 0 Å². The van der Waals surface area contributed by atoms with E-state index in [1.165, 1.54) is 6.26 Å². The predicted molar refractivity (Wildman–Crippen MR) is 130 cm³/mol. The average Bonchev–Trinajstić information content (AvgIpc) is 3.55. The van der Waals surface area contributed by atoms with Gasteiger partial charge in [0.2, 0.25) is 0 Å². The molecular formula is C22H19ClN6O2S2. The lowest BCUT2D eigenvalue weighted by Gasteiger charge is -2.24. The van der Waals surface area contributed by atoms with Gasteiger partial charge < -0.3 is 0 Å². The molecule has 1 unspecified atom stereocenters. The molecule has 0 bridgehead atoms. The Balaban J connectivity index is 1.51. The maximum Gasteiger partial charge on any atom is 0.176 e. The third-order valence-electron chi connectivity index (χ3n) is 5.19. The number of hydrogen-bond acceptors (Lipinski definition) is 8. The second-order valence-electron chi connectivity index (χ2n) is 7.57. The van der Waals surface area contributed by atoms with E-state index in [2.05, 4.69) is 32.1 Å². The Kier molecular flexibility index (Phi) is 5.75. The van der Waals surface area contributed by atoms with Crippen LogP contribution in [0, 0.1) is 0 Å². The molecule has 0 aliphatic carbocycles. The minimum Gasteiger partial charge on any atom is -0.274 e. The zero-order valence-corrected chi connectivity index (χ0v) is 19.8. The predicted octanol–water partition coefficient (Wildman–Crippen LogP) is 3.96. The van der Waals surface area contributed by atoms with Gasteiger partial charge in [-0.05, 0) is 48.0 Å². The average molecular weight is 499 g/mol. The molecule has 1 aliphatic heterocycles. The second-order valence-corrected chi connectivity index (χ2v) is 11.1. The number of nitrogens with zero attached hydrogens (tertiary/aromatic N) is 4. The molecule has 2 aromatic heterocycles. The summed E-state index contributed by atoms with van der Waals surface area (Å²) in [5.74, 6) is 0.605. The van der Waals surface area contributed by atoms with E-state index in [0.717, 1.165) is 26.7 Å². The van der Waals surface area contributed by atoms with Gasteiger partial charge in [-0.1, -0.05) is 41.1 Å². The van der Waals surface area contributed by atoms with Gasteiger partial charge >= 0.3 is 0 Å². The topological polar surface area (TPSA) is 104 Å². The SMILES string of the molecule is CS(=O)(=O)c1cccc(-c2ccc(C3=CC(Cc4nn[nH]n4)NN3c3ccccc3Cl)s2)c1. The number of hydrazine groups is 1. The van der Waals surface area contributed by atoms with Crippen molar-refractivity contribution in [2.24, 2.45) is 0 Å². The van der Waals surface area contributed by atoms with Gasteiger partial charge in [-0.15, -0.1) is 21.5 Å². The minimum atomic E-state index is -3.28. The van der Waals surface area contributed by atoms with Crippen LogP contribution in [-0.4, -0.2) is 41.3 Å². The molecule has 8 nitrogen and oxygen atoms in total. The molecule has 0 fully saturated rings. The summed E-state index contributed by atoms with van der Waals surface area (Å²) in [6.07, 6.45) is 3.88. The summed E-state index contributed by atoms with van der Waals surface area (Å²) in [5, 5.41) is 16.8. The molecule has 0 spiro atoms. The summed E-state index contributed by atoms with van der Waals surface area (Å²) >= 11 is 8.09. The smallest absolute Gasteiger partial charge is 0.176 e. The zero-order chi connectivity index (χ0) is 23.0. The molecule has 1 atom stereocenters. The van der Waals surface area contributed by atoms with Crippen molar-refractivity contribution >= 4 is 44.2 Å². The number of anilines is 1. The number of aromatic amines is 1. The quantitative estimate of drug-likeness (QED) is 0.414. The fraction of sp³-hybridized carbons (Fsp3) is 0.136. The highest BCUT2D eigenvalue weighted by Crippen LogP contribution is 2.39. The largest absolute Gasteiger partial charge is 0.274 e. The summed E-state index contributed by atoms with van der Waals surface area (Å²) in [4.78, 5) is 2.28. The maximum atomic E-state index is 12.0. The summed E-state index contributed by atoms with van der Waals surface area (Å²) < 4.78 is 24.0. The van der Waals surface area contributed by atoms with Crippen molar-refractivity contribution in [1.82, 2.24) is 26.0 Å². The van der Waals surface area contributed by atoms with Crippen molar-refractivity contribution in [2.45, 2.75) is 17.4 Å². The van der Waals surface area contributed by atoms with E-state index in [-0.39, 0.29) is 6.04 Å². The van der Waals surface area contributed by atoms with Crippen LogP contribution in [0.25, 0.3) is 16.1 Å². The summed E-state index contributed by atoms with van der Waals surface area (Å²) in [5.41, 5.74) is 6.11. The molecule has 1 aliphatic rings. The normalized spacial score (nSPS) is 16.2. The minimum absolute atomic E-state index is 0.0621. The van der Waals surface area contributed by atoms with Crippen LogP contribution in [0.5, 0.6) is 0 Å². The Bertz CT molecular complexity index is 1430. The van der Waals surface area contributed by atoms with Gasteiger partial charge in [-0.2, -0.15) is 5.21 Å². The molecule has 3 heterocycles. The molecule has 0 radical (unpaired) electrons. The van der Waals surface area contributed by atoms with Gasteiger partial charge in [0.15, 0.2) is 15.7 Å². The number of sulfone groups is 1. The molecule has 11 heteroatoms. The van der Waals surface area contributed by atoms with Crippen LogP contribution < -0.4 is 10.4 Å². The third-order valence-corrected chi connectivity index (χ3v) is 7.77. The zero-order valence-electron chi connectivity index (χ0n) is 17.4. The Morgan fingerprint density at radius 1 is 1.09 bits per heavy atom. The summed E-state index contributed by atoms with van der Waals surface area (Å²) in [7, 11) is -3.28. The molecule has 0 saturated heterocycles. The van der Waals surface area contributed by atoms with E-state index < -0.39 is 9.84 Å². The van der Waals surface area contributed by atoms with Crippen LogP contribution in [0.1, 0.15) is 10.7 Å². The van der Waals surface area contributed by atoms with E-state index in [1.807, 2.05) is 47.5 Å². The number of aromatic nitrogens is 4. The first-order valence-electron chi connectivity index (χ1n) is 10.0. The first-order chi connectivity index (χ1) is 15.9. The Morgan fingerprint density at radius 2 is 1.91 bits per heavy atom. The molecule has 33 heavy (non-hydrogen) atoms. The molecule has 4 aromatic rings.